The molecule has 1 aliphatic carbocycles. The maximum atomic E-state index is 12.5. The molecule has 0 bridgehead atoms. The molecule has 1 aliphatic heterocycles. The number of fused-ring (bicyclic) bond motifs is 2. The monoisotopic (exact) mass is 493 g/mol. The third-order valence-corrected chi connectivity index (χ3v) is 7.53. The lowest BCUT2D eigenvalue weighted by Gasteiger charge is -2.18. The zero-order valence-electron chi connectivity index (χ0n) is 20.2. The van der Waals surface area contributed by atoms with Crippen LogP contribution in [0.15, 0.2) is 73.6 Å². The highest BCUT2D eigenvalue weighted by Crippen LogP contribution is 2.45. The van der Waals surface area contributed by atoms with E-state index in [1.54, 1.807) is 12.1 Å². The van der Waals surface area contributed by atoms with Gasteiger partial charge >= 0.3 is 0 Å². The molecule has 2 fully saturated rings. The number of nitrogen functional groups attached to an aromatic ring is 1. The molecular formula is C28H27N7O2. The van der Waals surface area contributed by atoms with E-state index in [1.165, 1.54) is 12.4 Å². The molecule has 186 valence electrons. The number of hydrogen-bond acceptors (Lipinski definition) is 6. The molecule has 2 atom stereocenters. The molecule has 4 aromatic rings. The summed E-state index contributed by atoms with van der Waals surface area (Å²) in [5.74, 6) is 1.09. The smallest absolute Gasteiger partial charge is 0.255 e. The second-order valence-electron chi connectivity index (χ2n) is 9.74. The van der Waals surface area contributed by atoms with Crippen LogP contribution in [0.25, 0.3) is 22.3 Å². The van der Waals surface area contributed by atoms with Gasteiger partial charge in [0.05, 0.1) is 11.4 Å². The average Bonchev–Trinajstić information content (AvgIpc) is 3.61. The highest BCUT2D eigenvalue weighted by molar-refractivity contribution is 6.04. The number of nitrogens with zero attached hydrogens (tertiary/aromatic N) is 5. The van der Waals surface area contributed by atoms with E-state index in [0.29, 0.717) is 34.6 Å². The van der Waals surface area contributed by atoms with Gasteiger partial charge in [-0.1, -0.05) is 36.9 Å². The van der Waals surface area contributed by atoms with Gasteiger partial charge in [-0.25, -0.2) is 14.6 Å². The predicted molar refractivity (Wildman–Crippen MR) is 142 cm³/mol. The van der Waals surface area contributed by atoms with Crippen molar-refractivity contribution in [3.8, 4) is 11.3 Å². The highest BCUT2D eigenvalue weighted by Gasteiger charge is 2.43. The van der Waals surface area contributed by atoms with Crippen LogP contribution in [0.3, 0.4) is 0 Å². The SMILES string of the molecule is C=CC(=O)N1CC2CC(n3nc(-c4ccc(NC(=O)c5ccccc5)cc4)c4c(N)ncnc43)CC2C1. The van der Waals surface area contributed by atoms with Crippen LogP contribution in [0.1, 0.15) is 29.2 Å². The minimum Gasteiger partial charge on any atom is -0.383 e. The Balaban J connectivity index is 1.27. The van der Waals surface area contributed by atoms with Gasteiger partial charge in [0, 0.05) is 29.9 Å². The predicted octanol–water partition coefficient (Wildman–Crippen LogP) is 3.92. The summed E-state index contributed by atoms with van der Waals surface area (Å²) in [6.45, 7) is 5.13. The number of nitrogens with two attached hydrogens (primary N) is 1. The molecule has 9 nitrogen and oxygen atoms in total. The maximum absolute atomic E-state index is 12.5. The Hall–Kier alpha value is -4.53. The normalized spacial score (nSPS) is 20.6. The van der Waals surface area contributed by atoms with Crippen LogP contribution in [0, 0.1) is 11.8 Å². The van der Waals surface area contributed by atoms with Crippen molar-refractivity contribution in [2.45, 2.75) is 18.9 Å². The Morgan fingerprint density at radius 1 is 1.00 bits per heavy atom. The van der Waals surface area contributed by atoms with Crippen LogP contribution in [0.4, 0.5) is 11.5 Å². The van der Waals surface area contributed by atoms with Gasteiger partial charge in [0.15, 0.2) is 5.65 Å². The summed E-state index contributed by atoms with van der Waals surface area (Å²) in [5.41, 5.74) is 9.89. The number of rotatable bonds is 5. The van der Waals surface area contributed by atoms with Gasteiger partial charge in [-0.05, 0) is 55.0 Å². The molecule has 1 saturated carbocycles. The van der Waals surface area contributed by atoms with E-state index in [-0.39, 0.29) is 17.9 Å². The van der Waals surface area contributed by atoms with Gasteiger partial charge in [-0.15, -0.1) is 0 Å². The van der Waals surface area contributed by atoms with Gasteiger partial charge in [-0.3, -0.25) is 9.59 Å². The lowest BCUT2D eigenvalue weighted by Crippen LogP contribution is -2.28. The molecule has 2 aliphatic rings. The number of carbonyl (C=O) groups excluding carboxylic acids is 2. The van der Waals surface area contributed by atoms with E-state index >= 15 is 0 Å². The zero-order valence-corrected chi connectivity index (χ0v) is 20.2. The van der Waals surface area contributed by atoms with Gasteiger partial charge in [0.25, 0.3) is 5.91 Å². The van der Waals surface area contributed by atoms with Gasteiger partial charge in [0.2, 0.25) is 5.91 Å². The molecule has 37 heavy (non-hydrogen) atoms. The van der Waals surface area contributed by atoms with Crippen molar-refractivity contribution in [3.63, 3.8) is 0 Å². The minimum absolute atomic E-state index is 0.00157. The van der Waals surface area contributed by atoms with Crippen LogP contribution >= 0.6 is 0 Å². The fourth-order valence-corrected chi connectivity index (χ4v) is 5.73. The summed E-state index contributed by atoms with van der Waals surface area (Å²) in [7, 11) is 0. The van der Waals surface area contributed by atoms with Crippen molar-refractivity contribution in [1.82, 2.24) is 24.6 Å². The first-order valence-electron chi connectivity index (χ1n) is 12.4. The molecule has 2 unspecified atom stereocenters. The molecule has 3 N–H and O–H groups in total. The number of anilines is 2. The summed E-state index contributed by atoms with van der Waals surface area (Å²) in [4.78, 5) is 35.2. The molecule has 3 heterocycles. The van der Waals surface area contributed by atoms with Crippen molar-refractivity contribution in [2.24, 2.45) is 11.8 Å². The van der Waals surface area contributed by atoms with E-state index in [4.69, 9.17) is 10.8 Å². The standard InChI is InChI=1S/C28H27N7O2/c1-2-23(36)34-14-19-12-22(13-20(19)15-34)35-27-24(26(29)30-16-31-27)25(33-35)17-8-10-21(11-9-17)32-28(37)18-6-4-3-5-7-18/h2-11,16,19-20,22H,1,12-15H2,(H,32,37)(H2,29,30,31). The lowest BCUT2D eigenvalue weighted by molar-refractivity contribution is -0.125. The summed E-state index contributed by atoms with van der Waals surface area (Å²) < 4.78 is 1.99. The van der Waals surface area contributed by atoms with E-state index in [2.05, 4.69) is 21.9 Å². The number of likely N-dealkylation sites (tertiary alicyclic amines) is 1. The Kier molecular flexibility index (Phi) is 5.67. The number of amides is 2. The number of aromatic nitrogens is 4. The fourth-order valence-electron chi connectivity index (χ4n) is 5.73. The average molecular weight is 494 g/mol. The molecule has 0 spiro atoms. The van der Waals surface area contributed by atoms with E-state index in [0.717, 1.165) is 42.6 Å². The lowest BCUT2D eigenvalue weighted by atomic mass is 10.0. The second kappa shape index (κ2) is 9.16. The zero-order chi connectivity index (χ0) is 25.5. The summed E-state index contributed by atoms with van der Waals surface area (Å²) in [6, 6.07) is 16.8. The first-order valence-corrected chi connectivity index (χ1v) is 12.4. The largest absolute Gasteiger partial charge is 0.383 e. The van der Waals surface area contributed by atoms with Crippen LogP contribution in [0.5, 0.6) is 0 Å². The number of nitrogens with one attached hydrogen (secondary N) is 1. The number of benzene rings is 2. The maximum Gasteiger partial charge on any atom is 0.255 e. The fraction of sp³-hybridized carbons (Fsp3) is 0.250. The Labute approximate surface area is 214 Å². The van der Waals surface area contributed by atoms with E-state index < -0.39 is 0 Å². The van der Waals surface area contributed by atoms with Crippen molar-refractivity contribution in [2.75, 3.05) is 24.1 Å². The molecule has 1 saturated heterocycles. The van der Waals surface area contributed by atoms with Crippen LogP contribution in [0.2, 0.25) is 0 Å². The molecule has 2 aromatic carbocycles. The molecule has 0 radical (unpaired) electrons. The Morgan fingerprint density at radius 2 is 1.70 bits per heavy atom. The first kappa shape index (κ1) is 22.9. The van der Waals surface area contributed by atoms with Crippen LogP contribution < -0.4 is 11.1 Å². The molecule has 9 heteroatoms. The van der Waals surface area contributed by atoms with Gasteiger partial charge in [-0.2, -0.15) is 5.10 Å². The Bertz CT molecular complexity index is 1480. The highest BCUT2D eigenvalue weighted by atomic mass is 16.2. The van der Waals surface area contributed by atoms with Crippen molar-refractivity contribution < 1.29 is 9.59 Å². The van der Waals surface area contributed by atoms with Crippen molar-refractivity contribution >= 4 is 34.4 Å². The third-order valence-electron chi connectivity index (χ3n) is 7.53. The first-order chi connectivity index (χ1) is 18.0. The molecule has 2 aromatic heterocycles. The van der Waals surface area contributed by atoms with E-state index in [9.17, 15) is 9.59 Å². The Morgan fingerprint density at radius 3 is 2.38 bits per heavy atom. The summed E-state index contributed by atoms with van der Waals surface area (Å²) in [5, 5.41) is 8.64. The van der Waals surface area contributed by atoms with Gasteiger partial charge in [0.1, 0.15) is 17.8 Å². The van der Waals surface area contributed by atoms with Gasteiger partial charge < -0.3 is 16.0 Å². The number of carbonyl (C=O) groups is 2. The molecule has 2 amide bonds. The molecular weight excluding hydrogens is 466 g/mol. The van der Waals surface area contributed by atoms with Crippen LogP contribution in [-0.4, -0.2) is 49.6 Å². The summed E-state index contributed by atoms with van der Waals surface area (Å²) >= 11 is 0. The topological polar surface area (TPSA) is 119 Å². The second-order valence-corrected chi connectivity index (χ2v) is 9.74. The van der Waals surface area contributed by atoms with E-state index in [1.807, 2.05) is 52.0 Å². The van der Waals surface area contributed by atoms with Crippen molar-refractivity contribution in [3.05, 3.63) is 79.1 Å². The minimum atomic E-state index is -0.166. The third kappa shape index (κ3) is 4.12. The number of hydrogen-bond donors (Lipinski definition) is 2. The summed E-state index contributed by atoms with van der Waals surface area (Å²) in [6.07, 6.45) is 4.72. The van der Waals surface area contributed by atoms with Crippen LogP contribution in [-0.2, 0) is 4.79 Å². The van der Waals surface area contributed by atoms with Crippen molar-refractivity contribution in [1.29, 1.82) is 0 Å². The molecule has 6 rings (SSSR count). The quantitative estimate of drug-likeness (QED) is 0.407.